The zero-order valence-electron chi connectivity index (χ0n) is 10.1. The van der Waals surface area contributed by atoms with Gasteiger partial charge >= 0.3 is 0 Å². The second kappa shape index (κ2) is 4.88. The van der Waals surface area contributed by atoms with Crippen molar-refractivity contribution in [1.82, 2.24) is 0 Å². The molecule has 0 amide bonds. The molecule has 0 spiro atoms. The first kappa shape index (κ1) is 12.1. The van der Waals surface area contributed by atoms with Crippen molar-refractivity contribution in [3.63, 3.8) is 0 Å². The number of hydrogen-bond donors (Lipinski definition) is 1. The zero-order valence-corrected chi connectivity index (χ0v) is 11.0. The van der Waals surface area contributed by atoms with E-state index in [1.165, 1.54) is 11.1 Å². The topological polar surface area (TPSA) is 18.5 Å². The van der Waals surface area contributed by atoms with Crippen molar-refractivity contribution in [2.24, 2.45) is 0 Å². The minimum absolute atomic E-state index is 0.307. The molecule has 1 heterocycles. The van der Waals surface area contributed by atoms with Crippen LogP contribution in [0.25, 0.3) is 5.57 Å². The van der Waals surface area contributed by atoms with Gasteiger partial charge in [-0.15, -0.1) is 0 Å². The van der Waals surface area contributed by atoms with Crippen molar-refractivity contribution in [3.05, 3.63) is 41.5 Å². The van der Waals surface area contributed by atoms with Gasteiger partial charge in [0.1, 0.15) is 0 Å². The lowest BCUT2D eigenvalue weighted by Gasteiger charge is -2.10. The molecule has 90 valence electrons. The second-order valence-electron chi connectivity index (χ2n) is 4.11. The summed E-state index contributed by atoms with van der Waals surface area (Å²) in [5.74, 6) is 2.31. The van der Waals surface area contributed by atoms with Crippen LogP contribution < -0.4 is 9.47 Å². The van der Waals surface area contributed by atoms with Gasteiger partial charge in [-0.25, -0.2) is 0 Å². The van der Waals surface area contributed by atoms with E-state index in [-0.39, 0.29) is 0 Å². The Kier molecular flexibility index (Phi) is 3.48. The maximum Gasteiger partial charge on any atom is 0.231 e. The van der Waals surface area contributed by atoms with Crippen LogP contribution >= 0.6 is 12.6 Å². The normalized spacial score (nSPS) is 14.5. The molecule has 0 radical (unpaired) electrons. The molecule has 17 heavy (non-hydrogen) atoms. The van der Waals surface area contributed by atoms with Gasteiger partial charge in [0.2, 0.25) is 6.79 Å². The molecule has 0 aromatic heterocycles. The molecule has 0 N–H and O–H groups in total. The average Bonchev–Trinajstić information content (AvgIpc) is 2.75. The van der Waals surface area contributed by atoms with Crippen LogP contribution in [0.2, 0.25) is 0 Å². The third-order valence-corrected chi connectivity index (χ3v) is 3.25. The molecule has 1 aliphatic rings. The number of rotatable bonds is 3. The molecule has 0 atom stereocenters. The SMILES string of the molecule is C=C(C)/C(CS)=C(\C)c1ccc2c(c1)OCO2. The van der Waals surface area contributed by atoms with Crippen LogP contribution in [0.15, 0.2) is 35.9 Å². The van der Waals surface area contributed by atoms with Crippen LogP contribution in [0.5, 0.6) is 11.5 Å². The monoisotopic (exact) mass is 248 g/mol. The highest BCUT2D eigenvalue weighted by Crippen LogP contribution is 2.35. The van der Waals surface area contributed by atoms with Crippen LogP contribution in [0.4, 0.5) is 0 Å². The number of fused-ring (bicyclic) bond motifs is 1. The first-order valence-electron chi connectivity index (χ1n) is 5.50. The quantitative estimate of drug-likeness (QED) is 0.649. The van der Waals surface area contributed by atoms with Gasteiger partial charge in [0.05, 0.1) is 0 Å². The van der Waals surface area contributed by atoms with E-state index in [0.717, 1.165) is 22.6 Å². The van der Waals surface area contributed by atoms with E-state index in [0.29, 0.717) is 12.5 Å². The molecule has 0 aliphatic carbocycles. The fraction of sp³-hybridized carbons (Fsp3) is 0.286. The van der Waals surface area contributed by atoms with Crippen LogP contribution in [0.3, 0.4) is 0 Å². The minimum atomic E-state index is 0.307. The van der Waals surface area contributed by atoms with Crippen molar-refractivity contribution in [2.75, 3.05) is 12.5 Å². The largest absolute Gasteiger partial charge is 0.454 e. The molecule has 1 aromatic carbocycles. The first-order valence-corrected chi connectivity index (χ1v) is 6.13. The Balaban J connectivity index is 2.43. The fourth-order valence-corrected chi connectivity index (χ4v) is 2.38. The molecule has 0 saturated heterocycles. The Morgan fingerprint density at radius 2 is 2.00 bits per heavy atom. The number of hydrogen-bond acceptors (Lipinski definition) is 3. The Hall–Kier alpha value is -1.35. The predicted molar refractivity (Wildman–Crippen MR) is 73.8 cm³/mol. The predicted octanol–water partition coefficient (Wildman–Crippen LogP) is 3.69. The van der Waals surface area contributed by atoms with E-state index in [4.69, 9.17) is 9.47 Å². The Bertz CT molecular complexity index is 489. The van der Waals surface area contributed by atoms with Gasteiger partial charge in [-0.05, 0) is 42.7 Å². The van der Waals surface area contributed by atoms with Crippen LogP contribution in [0.1, 0.15) is 19.4 Å². The Labute approximate surface area is 107 Å². The lowest BCUT2D eigenvalue weighted by Crippen LogP contribution is -1.93. The lowest BCUT2D eigenvalue weighted by molar-refractivity contribution is 0.174. The Morgan fingerprint density at radius 3 is 2.65 bits per heavy atom. The summed E-state index contributed by atoms with van der Waals surface area (Å²) in [7, 11) is 0. The van der Waals surface area contributed by atoms with Crippen molar-refractivity contribution >= 4 is 18.2 Å². The summed E-state index contributed by atoms with van der Waals surface area (Å²) in [5, 5.41) is 0. The van der Waals surface area contributed by atoms with Gasteiger partial charge in [-0.1, -0.05) is 18.2 Å². The molecular weight excluding hydrogens is 232 g/mol. The Morgan fingerprint density at radius 1 is 1.29 bits per heavy atom. The third kappa shape index (κ3) is 2.34. The summed E-state index contributed by atoms with van der Waals surface area (Å²) in [6.45, 7) is 8.37. The molecule has 2 nitrogen and oxygen atoms in total. The highest BCUT2D eigenvalue weighted by molar-refractivity contribution is 7.80. The van der Waals surface area contributed by atoms with Gasteiger partial charge < -0.3 is 9.47 Å². The molecule has 0 saturated carbocycles. The maximum atomic E-state index is 5.38. The lowest BCUT2D eigenvalue weighted by atomic mass is 9.98. The molecular formula is C14H16O2S. The third-order valence-electron chi connectivity index (χ3n) is 2.93. The van der Waals surface area contributed by atoms with E-state index >= 15 is 0 Å². The molecule has 1 aromatic rings. The molecule has 0 bridgehead atoms. The summed E-state index contributed by atoms with van der Waals surface area (Å²) in [6, 6.07) is 5.98. The molecule has 0 fully saturated rings. The summed E-state index contributed by atoms with van der Waals surface area (Å²) in [6.07, 6.45) is 0. The minimum Gasteiger partial charge on any atom is -0.454 e. The van der Waals surface area contributed by atoms with Crippen LogP contribution in [-0.2, 0) is 0 Å². The van der Waals surface area contributed by atoms with Crippen molar-refractivity contribution in [1.29, 1.82) is 0 Å². The average molecular weight is 248 g/mol. The van der Waals surface area contributed by atoms with Gasteiger partial charge in [-0.2, -0.15) is 12.6 Å². The number of ether oxygens (including phenoxy) is 2. The molecule has 3 heteroatoms. The number of allylic oxidation sites excluding steroid dienone is 2. The molecule has 2 rings (SSSR count). The second-order valence-corrected chi connectivity index (χ2v) is 4.43. The van der Waals surface area contributed by atoms with Gasteiger partial charge in [0, 0.05) is 5.75 Å². The summed E-state index contributed by atoms with van der Waals surface area (Å²) >= 11 is 4.35. The van der Waals surface area contributed by atoms with Gasteiger partial charge in [-0.3, -0.25) is 0 Å². The smallest absolute Gasteiger partial charge is 0.231 e. The fourth-order valence-electron chi connectivity index (χ4n) is 1.88. The van der Waals surface area contributed by atoms with E-state index < -0.39 is 0 Å². The number of benzene rings is 1. The van der Waals surface area contributed by atoms with Crippen LogP contribution in [-0.4, -0.2) is 12.5 Å². The summed E-state index contributed by atoms with van der Waals surface area (Å²) < 4.78 is 10.7. The van der Waals surface area contributed by atoms with Gasteiger partial charge in [0.15, 0.2) is 11.5 Å². The van der Waals surface area contributed by atoms with Crippen LogP contribution in [0, 0.1) is 0 Å². The summed E-state index contributed by atoms with van der Waals surface area (Å²) in [4.78, 5) is 0. The highest BCUT2D eigenvalue weighted by atomic mass is 32.1. The van der Waals surface area contributed by atoms with Gasteiger partial charge in [0.25, 0.3) is 0 Å². The number of thiol groups is 1. The molecule has 0 unspecified atom stereocenters. The van der Waals surface area contributed by atoms with E-state index in [1.54, 1.807) is 0 Å². The highest BCUT2D eigenvalue weighted by Gasteiger charge is 2.14. The summed E-state index contributed by atoms with van der Waals surface area (Å²) in [5.41, 5.74) is 4.54. The first-order chi connectivity index (χ1) is 8.13. The molecule has 1 aliphatic heterocycles. The van der Waals surface area contributed by atoms with Crippen molar-refractivity contribution < 1.29 is 9.47 Å². The standard InChI is InChI=1S/C14H16O2S/c1-9(2)12(7-17)10(3)11-4-5-13-14(6-11)16-8-15-13/h4-6,17H,1,7-8H2,2-3H3/b12-10+. The maximum absolute atomic E-state index is 5.38. The zero-order chi connectivity index (χ0) is 12.4. The van der Waals surface area contributed by atoms with Crippen molar-refractivity contribution in [3.8, 4) is 11.5 Å². The van der Waals surface area contributed by atoms with E-state index in [2.05, 4.69) is 26.1 Å². The van der Waals surface area contributed by atoms with E-state index in [1.807, 2.05) is 25.1 Å². The van der Waals surface area contributed by atoms with Crippen molar-refractivity contribution in [2.45, 2.75) is 13.8 Å². The van der Waals surface area contributed by atoms with E-state index in [9.17, 15) is 0 Å².